The largest absolute Gasteiger partial charge is 0.370 e. The van der Waals surface area contributed by atoms with Crippen LogP contribution in [0.25, 0.3) is 0 Å². The number of benzene rings is 2. The van der Waals surface area contributed by atoms with Crippen LogP contribution in [0, 0.1) is 5.82 Å². The number of halogens is 2. The van der Waals surface area contributed by atoms with Crippen molar-refractivity contribution in [3.63, 3.8) is 0 Å². The van der Waals surface area contributed by atoms with E-state index in [9.17, 15) is 9.18 Å². The van der Waals surface area contributed by atoms with Crippen LogP contribution in [-0.2, 0) is 4.74 Å². The molecule has 5 heteroatoms. The highest BCUT2D eigenvalue weighted by atomic mass is 35.5. The third kappa shape index (κ3) is 3.29. The lowest BCUT2D eigenvalue weighted by Crippen LogP contribution is -2.42. The van der Waals surface area contributed by atoms with Crippen molar-refractivity contribution in [1.82, 2.24) is 4.90 Å². The zero-order valence-electron chi connectivity index (χ0n) is 11.8. The van der Waals surface area contributed by atoms with Crippen molar-refractivity contribution in [2.24, 2.45) is 0 Å². The molecular weight excluding hydrogens is 305 g/mol. The molecule has 0 spiro atoms. The molecule has 0 bridgehead atoms. The molecule has 1 amide bonds. The summed E-state index contributed by atoms with van der Waals surface area (Å²) in [5.74, 6) is -0.597. The minimum atomic E-state index is -0.412. The van der Waals surface area contributed by atoms with Gasteiger partial charge < -0.3 is 9.64 Å². The molecule has 0 N–H and O–H groups in total. The normalized spacial score (nSPS) is 18.3. The summed E-state index contributed by atoms with van der Waals surface area (Å²) in [5.41, 5.74) is 1.29. The first-order chi connectivity index (χ1) is 10.6. The van der Waals surface area contributed by atoms with Gasteiger partial charge in [0.1, 0.15) is 11.9 Å². The van der Waals surface area contributed by atoms with Crippen molar-refractivity contribution in [2.45, 2.75) is 6.10 Å². The Morgan fingerprint density at radius 3 is 2.82 bits per heavy atom. The third-order valence-electron chi connectivity index (χ3n) is 3.65. The molecule has 2 aromatic carbocycles. The Bertz CT molecular complexity index is 692. The van der Waals surface area contributed by atoms with E-state index < -0.39 is 5.82 Å². The SMILES string of the molecule is O=C(c1cccc(F)c1)N1CCOC(c2cccc(Cl)c2)C1. The smallest absolute Gasteiger partial charge is 0.254 e. The highest BCUT2D eigenvalue weighted by molar-refractivity contribution is 6.30. The molecule has 1 aliphatic heterocycles. The van der Waals surface area contributed by atoms with E-state index in [0.717, 1.165) is 5.56 Å². The molecule has 1 fully saturated rings. The van der Waals surface area contributed by atoms with Gasteiger partial charge in [-0.05, 0) is 35.9 Å². The second kappa shape index (κ2) is 6.46. The minimum absolute atomic E-state index is 0.185. The number of carbonyl (C=O) groups is 1. The molecule has 3 rings (SSSR count). The van der Waals surface area contributed by atoms with Gasteiger partial charge in [-0.3, -0.25) is 4.79 Å². The monoisotopic (exact) mass is 319 g/mol. The number of carbonyl (C=O) groups excluding carboxylic acids is 1. The van der Waals surface area contributed by atoms with Crippen LogP contribution in [-0.4, -0.2) is 30.5 Å². The fourth-order valence-corrected chi connectivity index (χ4v) is 2.75. The lowest BCUT2D eigenvalue weighted by atomic mass is 10.1. The molecule has 114 valence electrons. The van der Waals surface area contributed by atoms with Crippen LogP contribution >= 0.6 is 11.6 Å². The van der Waals surface area contributed by atoms with E-state index in [0.29, 0.717) is 30.3 Å². The van der Waals surface area contributed by atoms with Gasteiger partial charge in [-0.1, -0.05) is 29.8 Å². The summed E-state index contributed by atoms with van der Waals surface area (Å²) >= 11 is 6.00. The third-order valence-corrected chi connectivity index (χ3v) is 3.88. The standard InChI is InChI=1S/C17H15ClFNO2/c18-14-5-1-3-12(9-14)16-11-20(7-8-22-16)17(21)13-4-2-6-15(19)10-13/h1-6,9-10,16H,7-8,11H2. The van der Waals surface area contributed by atoms with Gasteiger partial charge in [0.15, 0.2) is 0 Å². The molecule has 2 aromatic rings. The van der Waals surface area contributed by atoms with Crippen molar-refractivity contribution in [2.75, 3.05) is 19.7 Å². The van der Waals surface area contributed by atoms with Crippen molar-refractivity contribution in [1.29, 1.82) is 0 Å². The first kappa shape index (κ1) is 15.0. The summed E-state index contributed by atoms with van der Waals surface area (Å²) in [5, 5.41) is 0.634. The number of rotatable bonds is 2. The molecule has 1 saturated heterocycles. The fraction of sp³-hybridized carbons (Fsp3) is 0.235. The Hall–Kier alpha value is -1.91. The zero-order valence-corrected chi connectivity index (χ0v) is 12.6. The average molecular weight is 320 g/mol. The van der Waals surface area contributed by atoms with Crippen molar-refractivity contribution < 1.29 is 13.9 Å². The van der Waals surface area contributed by atoms with Crippen LogP contribution < -0.4 is 0 Å². The molecule has 22 heavy (non-hydrogen) atoms. The van der Waals surface area contributed by atoms with Gasteiger partial charge in [0.2, 0.25) is 0 Å². The van der Waals surface area contributed by atoms with Crippen LogP contribution in [0.2, 0.25) is 5.02 Å². The highest BCUT2D eigenvalue weighted by Crippen LogP contribution is 2.25. The molecule has 0 saturated carbocycles. The second-order valence-electron chi connectivity index (χ2n) is 5.18. The van der Waals surface area contributed by atoms with Crippen LogP contribution in [0.5, 0.6) is 0 Å². The van der Waals surface area contributed by atoms with Gasteiger partial charge >= 0.3 is 0 Å². The molecule has 0 radical (unpaired) electrons. The molecule has 1 atom stereocenters. The summed E-state index contributed by atoms with van der Waals surface area (Å²) in [7, 11) is 0. The molecule has 1 heterocycles. The van der Waals surface area contributed by atoms with E-state index in [1.54, 1.807) is 17.0 Å². The van der Waals surface area contributed by atoms with Crippen molar-refractivity contribution in [3.05, 3.63) is 70.5 Å². The molecule has 0 aliphatic carbocycles. The highest BCUT2D eigenvalue weighted by Gasteiger charge is 2.26. The van der Waals surface area contributed by atoms with Gasteiger partial charge in [0.05, 0.1) is 13.2 Å². The summed E-state index contributed by atoms with van der Waals surface area (Å²) in [6, 6.07) is 13.1. The molecule has 1 unspecified atom stereocenters. The van der Waals surface area contributed by atoms with Gasteiger partial charge in [-0.25, -0.2) is 4.39 Å². The van der Waals surface area contributed by atoms with E-state index in [1.807, 2.05) is 18.2 Å². The number of hydrogen-bond donors (Lipinski definition) is 0. The van der Waals surface area contributed by atoms with Gasteiger partial charge in [-0.15, -0.1) is 0 Å². The zero-order chi connectivity index (χ0) is 15.5. The predicted molar refractivity (Wildman–Crippen MR) is 82.4 cm³/mol. The van der Waals surface area contributed by atoms with Gasteiger partial charge in [0, 0.05) is 17.1 Å². The summed E-state index contributed by atoms with van der Waals surface area (Å²) < 4.78 is 19.0. The maximum absolute atomic E-state index is 13.3. The Kier molecular flexibility index (Phi) is 4.41. The Balaban J connectivity index is 1.77. The number of morpholine rings is 1. The van der Waals surface area contributed by atoms with Gasteiger partial charge in [-0.2, -0.15) is 0 Å². The minimum Gasteiger partial charge on any atom is -0.370 e. The van der Waals surface area contributed by atoms with E-state index in [2.05, 4.69) is 0 Å². The first-order valence-corrected chi connectivity index (χ1v) is 7.43. The Morgan fingerprint density at radius 1 is 1.23 bits per heavy atom. The van der Waals surface area contributed by atoms with Crippen molar-refractivity contribution >= 4 is 17.5 Å². The van der Waals surface area contributed by atoms with E-state index >= 15 is 0 Å². The Morgan fingerprint density at radius 2 is 2.05 bits per heavy atom. The average Bonchev–Trinajstić information content (AvgIpc) is 2.54. The maximum atomic E-state index is 13.3. The van der Waals surface area contributed by atoms with Crippen LogP contribution in [0.3, 0.4) is 0 Å². The number of amides is 1. The number of nitrogens with zero attached hydrogens (tertiary/aromatic N) is 1. The van der Waals surface area contributed by atoms with E-state index in [1.165, 1.54) is 18.2 Å². The van der Waals surface area contributed by atoms with Crippen LogP contribution in [0.15, 0.2) is 48.5 Å². The summed E-state index contributed by atoms with van der Waals surface area (Å²) in [4.78, 5) is 14.2. The predicted octanol–water partition coefficient (Wildman–Crippen LogP) is 3.69. The fourth-order valence-electron chi connectivity index (χ4n) is 2.55. The number of ether oxygens (including phenoxy) is 1. The molecule has 3 nitrogen and oxygen atoms in total. The van der Waals surface area contributed by atoms with Gasteiger partial charge in [0.25, 0.3) is 5.91 Å². The van der Waals surface area contributed by atoms with Crippen molar-refractivity contribution in [3.8, 4) is 0 Å². The number of hydrogen-bond acceptors (Lipinski definition) is 2. The quantitative estimate of drug-likeness (QED) is 0.845. The second-order valence-corrected chi connectivity index (χ2v) is 5.61. The molecule has 0 aromatic heterocycles. The van der Waals surface area contributed by atoms with Crippen LogP contribution in [0.1, 0.15) is 22.0 Å². The van der Waals surface area contributed by atoms with Crippen LogP contribution in [0.4, 0.5) is 4.39 Å². The first-order valence-electron chi connectivity index (χ1n) is 7.05. The summed E-state index contributed by atoms with van der Waals surface area (Å²) in [6.45, 7) is 1.36. The summed E-state index contributed by atoms with van der Waals surface area (Å²) in [6.07, 6.45) is -0.218. The lowest BCUT2D eigenvalue weighted by Gasteiger charge is -2.33. The lowest BCUT2D eigenvalue weighted by molar-refractivity contribution is -0.0228. The topological polar surface area (TPSA) is 29.5 Å². The maximum Gasteiger partial charge on any atom is 0.254 e. The Labute approximate surface area is 133 Å². The molecule has 1 aliphatic rings. The van der Waals surface area contributed by atoms with E-state index in [4.69, 9.17) is 16.3 Å². The molecular formula is C17H15ClFNO2. The van der Waals surface area contributed by atoms with E-state index in [-0.39, 0.29) is 12.0 Å².